The predicted molar refractivity (Wildman–Crippen MR) is 409 cm³/mol. The highest BCUT2D eigenvalue weighted by molar-refractivity contribution is 7.47. The van der Waals surface area contributed by atoms with Gasteiger partial charge in [0.05, 0.1) is 26.4 Å². The van der Waals surface area contributed by atoms with Crippen LogP contribution in [0.3, 0.4) is 0 Å². The quantitative estimate of drug-likeness (QED) is 0.0222. The van der Waals surface area contributed by atoms with Gasteiger partial charge in [0.2, 0.25) is 0 Å². The van der Waals surface area contributed by atoms with E-state index in [-0.39, 0.29) is 25.7 Å². The average molecular weight is 1470 g/mol. The van der Waals surface area contributed by atoms with Crippen LogP contribution in [0.4, 0.5) is 0 Å². The molecule has 0 radical (unpaired) electrons. The molecule has 0 aliphatic carbocycles. The molecule has 0 aromatic heterocycles. The number of ether oxygens (including phenoxy) is 4. The summed E-state index contributed by atoms with van der Waals surface area (Å²) in [4.78, 5) is 73.0. The maximum atomic E-state index is 13.1. The SMILES string of the molecule is CCCCCCCCCCCCCCC(=O)OC[C@H](COP(=O)(O)OC[C@H](O)COP(=O)(O)OC[C@@H](COC(=O)CCCCCCCCCCCCCCCCC(C)CC)OC(=O)CCCCCCCCCCCCCCCCCC(C)C)OC(=O)CCCCCCCCCCCC(C)C. The lowest BCUT2D eigenvalue weighted by atomic mass is 9.99. The van der Waals surface area contributed by atoms with Gasteiger partial charge in [-0.25, -0.2) is 9.13 Å². The summed E-state index contributed by atoms with van der Waals surface area (Å²) >= 11 is 0. The van der Waals surface area contributed by atoms with Gasteiger partial charge in [-0.05, 0) is 43.4 Å². The molecule has 0 bridgehead atoms. The van der Waals surface area contributed by atoms with Crippen molar-refractivity contribution in [2.24, 2.45) is 17.8 Å². The molecule has 0 aliphatic heterocycles. The zero-order chi connectivity index (χ0) is 73.7. The summed E-state index contributed by atoms with van der Waals surface area (Å²) in [5.74, 6) is 0.279. The first kappa shape index (κ1) is 98.1. The molecule has 3 N–H and O–H groups in total. The first-order valence-corrected chi connectivity index (χ1v) is 44.9. The fourth-order valence-electron chi connectivity index (χ4n) is 12.5. The van der Waals surface area contributed by atoms with Crippen molar-refractivity contribution in [1.29, 1.82) is 0 Å². The molecule has 0 saturated heterocycles. The minimum absolute atomic E-state index is 0.106. The molecule has 17 nitrogen and oxygen atoms in total. The summed E-state index contributed by atoms with van der Waals surface area (Å²) in [6, 6.07) is 0. The molecular weight excluding hydrogens is 1310 g/mol. The van der Waals surface area contributed by atoms with Crippen molar-refractivity contribution in [2.75, 3.05) is 39.6 Å². The number of aliphatic hydroxyl groups is 1. The molecule has 0 aromatic carbocycles. The van der Waals surface area contributed by atoms with Gasteiger partial charge in [0.25, 0.3) is 0 Å². The van der Waals surface area contributed by atoms with Gasteiger partial charge in [-0.3, -0.25) is 37.3 Å². The molecule has 0 rings (SSSR count). The monoisotopic (exact) mass is 1470 g/mol. The third-order valence-corrected chi connectivity index (χ3v) is 21.1. The Morgan fingerprint density at radius 3 is 0.760 bits per heavy atom. The Kier molecular flexibility index (Phi) is 69.9. The molecule has 3 unspecified atom stereocenters. The number of carbonyl (C=O) groups is 4. The van der Waals surface area contributed by atoms with Crippen molar-refractivity contribution in [3.63, 3.8) is 0 Å². The van der Waals surface area contributed by atoms with Crippen molar-refractivity contribution in [2.45, 2.75) is 439 Å². The molecule has 0 heterocycles. The van der Waals surface area contributed by atoms with Gasteiger partial charge in [-0.15, -0.1) is 0 Å². The van der Waals surface area contributed by atoms with Crippen molar-refractivity contribution < 1.29 is 80.2 Å². The van der Waals surface area contributed by atoms with Gasteiger partial charge in [0.15, 0.2) is 12.2 Å². The molecule has 0 aliphatic rings. The minimum Gasteiger partial charge on any atom is -0.462 e. The topological polar surface area (TPSA) is 237 Å². The third-order valence-electron chi connectivity index (χ3n) is 19.2. The Morgan fingerprint density at radius 1 is 0.290 bits per heavy atom. The molecule has 0 saturated carbocycles. The van der Waals surface area contributed by atoms with Crippen LogP contribution in [0.5, 0.6) is 0 Å². The second-order valence-electron chi connectivity index (χ2n) is 30.4. The van der Waals surface area contributed by atoms with Crippen LogP contribution in [0.2, 0.25) is 0 Å². The normalized spacial score (nSPS) is 14.2. The van der Waals surface area contributed by atoms with E-state index >= 15 is 0 Å². The van der Waals surface area contributed by atoms with Crippen molar-refractivity contribution >= 4 is 39.5 Å². The summed E-state index contributed by atoms with van der Waals surface area (Å²) in [6.07, 6.45) is 59.5. The Labute approximate surface area is 613 Å². The van der Waals surface area contributed by atoms with E-state index in [1.165, 1.54) is 231 Å². The number of esters is 4. The number of hydrogen-bond donors (Lipinski definition) is 3. The van der Waals surface area contributed by atoms with E-state index in [9.17, 15) is 43.2 Å². The van der Waals surface area contributed by atoms with Gasteiger partial charge in [0, 0.05) is 25.7 Å². The fourth-order valence-corrected chi connectivity index (χ4v) is 14.0. The number of phosphoric acid groups is 2. The van der Waals surface area contributed by atoms with Crippen LogP contribution in [0.15, 0.2) is 0 Å². The van der Waals surface area contributed by atoms with E-state index in [0.29, 0.717) is 25.7 Å². The number of phosphoric ester groups is 2. The van der Waals surface area contributed by atoms with Crippen LogP contribution in [0.1, 0.15) is 421 Å². The van der Waals surface area contributed by atoms with Gasteiger partial charge in [0.1, 0.15) is 19.3 Å². The second kappa shape index (κ2) is 71.3. The van der Waals surface area contributed by atoms with Crippen LogP contribution in [-0.2, 0) is 65.4 Å². The van der Waals surface area contributed by atoms with Crippen LogP contribution in [0.25, 0.3) is 0 Å². The van der Waals surface area contributed by atoms with Gasteiger partial charge < -0.3 is 33.8 Å². The molecule has 0 fully saturated rings. The molecule has 0 amide bonds. The zero-order valence-electron chi connectivity index (χ0n) is 65.7. The van der Waals surface area contributed by atoms with Gasteiger partial charge in [-0.2, -0.15) is 0 Å². The van der Waals surface area contributed by atoms with E-state index in [0.717, 1.165) is 108 Å². The second-order valence-corrected chi connectivity index (χ2v) is 33.3. The lowest BCUT2D eigenvalue weighted by molar-refractivity contribution is -0.161. The van der Waals surface area contributed by atoms with Crippen molar-refractivity contribution in [3.05, 3.63) is 0 Å². The summed E-state index contributed by atoms with van der Waals surface area (Å²) in [5, 5.41) is 10.6. The molecule has 0 spiro atoms. The number of carbonyl (C=O) groups excluding carboxylic acids is 4. The van der Waals surface area contributed by atoms with Gasteiger partial charge in [-0.1, -0.05) is 370 Å². The van der Waals surface area contributed by atoms with Crippen molar-refractivity contribution in [1.82, 2.24) is 0 Å². The number of rotatable bonds is 79. The molecule has 0 aromatic rings. The Balaban J connectivity index is 5.25. The zero-order valence-corrected chi connectivity index (χ0v) is 67.5. The van der Waals surface area contributed by atoms with Crippen LogP contribution < -0.4 is 0 Å². The predicted octanol–water partition coefficient (Wildman–Crippen LogP) is 24.1. The first-order valence-electron chi connectivity index (χ1n) is 41.9. The number of hydrogen-bond acceptors (Lipinski definition) is 15. The minimum atomic E-state index is -4.96. The van der Waals surface area contributed by atoms with E-state index in [1.807, 2.05) is 0 Å². The third kappa shape index (κ3) is 73.0. The van der Waals surface area contributed by atoms with Crippen LogP contribution >= 0.6 is 15.6 Å². The maximum absolute atomic E-state index is 13.1. The maximum Gasteiger partial charge on any atom is 0.472 e. The lowest BCUT2D eigenvalue weighted by Crippen LogP contribution is -2.30. The first-order chi connectivity index (χ1) is 48.3. The smallest absolute Gasteiger partial charge is 0.462 e. The van der Waals surface area contributed by atoms with Crippen molar-refractivity contribution in [3.8, 4) is 0 Å². The number of aliphatic hydroxyl groups excluding tert-OH is 1. The molecule has 6 atom stereocenters. The molecule has 19 heteroatoms. The molecule has 100 heavy (non-hydrogen) atoms. The fraction of sp³-hybridized carbons (Fsp3) is 0.951. The summed E-state index contributed by atoms with van der Waals surface area (Å²) < 4.78 is 68.7. The van der Waals surface area contributed by atoms with Crippen LogP contribution in [-0.4, -0.2) is 96.7 Å². The Morgan fingerprint density at radius 2 is 0.510 bits per heavy atom. The van der Waals surface area contributed by atoms with Gasteiger partial charge >= 0.3 is 39.5 Å². The standard InChI is InChI=1S/C81H158O17P2/c1-8-10-11-12-13-14-15-27-34-41-48-55-62-78(83)91-69-77(98-81(86)65-58-51-44-37-30-32-39-46-53-60-73(5)6)71-96-100(89,90)94-67-75(82)66-93-99(87,88)95-70-76(97-80(85)64-57-50-43-36-29-24-18-16-17-21-25-31-38-45-52-59-72(3)4)68-92-79(84)63-56-49-42-35-28-23-20-19-22-26-33-40-47-54-61-74(7)9-2/h72-77,82H,8-71H2,1-7H3,(H,87,88)(H,89,90)/t74?,75-,76-,77-/m1/s1. The highest BCUT2D eigenvalue weighted by Crippen LogP contribution is 2.45. The Bertz CT molecular complexity index is 1940. The summed E-state index contributed by atoms with van der Waals surface area (Å²) in [6.45, 7) is 12.0. The average Bonchev–Trinajstić information content (AvgIpc) is 0.963. The van der Waals surface area contributed by atoms with E-state index in [2.05, 4.69) is 48.5 Å². The van der Waals surface area contributed by atoms with E-state index in [1.54, 1.807) is 0 Å². The summed E-state index contributed by atoms with van der Waals surface area (Å²) in [7, 11) is -9.92. The number of unbranched alkanes of at least 4 members (excludes halogenated alkanes) is 46. The van der Waals surface area contributed by atoms with E-state index < -0.39 is 97.5 Å². The largest absolute Gasteiger partial charge is 0.472 e. The van der Waals surface area contributed by atoms with Crippen LogP contribution in [0, 0.1) is 17.8 Å². The Hall–Kier alpha value is -1.94. The summed E-state index contributed by atoms with van der Waals surface area (Å²) in [5.41, 5.74) is 0. The van der Waals surface area contributed by atoms with E-state index in [4.69, 9.17) is 37.0 Å². The highest BCUT2D eigenvalue weighted by atomic mass is 31.2. The highest BCUT2D eigenvalue weighted by Gasteiger charge is 2.30. The molecule has 594 valence electrons. The lowest BCUT2D eigenvalue weighted by Gasteiger charge is -2.21. The molecular formula is C81H158O17P2.